The van der Waals surface area contributed by atoms with Crippen molar-refractivity contribution in [2.24, 2.45) is 0 Å². The fraction of sp³-hybridized carbons (Fsp3) is 0.312. The summed E-state index contributed by atoms with van der Waals surface area (Å²) in [5.41, 5.74) is 4.16. The number of hydrogen-bond acceptors (Lipinski definition) is 4. The summed E-state index contributed by atoms with van der Waals surface area (Å²) in [6, 6.07) is 9.82. The van der Waals surface area contributed by atoms with Crippen LogP contribution in [0.25, 0.3) is 0 Å². The number of benzene rings is 1. The van der Waals surface area contributed by atoms with E-state index in [9.17, 15) is 4.79 Å². The smallest absolute Gasteiger partial charge is 0.260 e. The maximum Gasteiger partial charge on any atom is 0.260 e. The van der Waals surface area contributed by atoms with Crippen LogP contribution in [0, 0.1) is 13.8 Å². The Balaban J connectivity index is 2.03. The molecule has 0 radical (unpaired) electrons. The summed E-state index contributed by atoms with van der Waals surface area (Å²) in [4.78, 5) is 14.8. The number of rotatable bonds is 1. The van der Waals surface area contributed by atoms with Crippen molar-refractivity contribution >= 4 is 11.6 Å². The number of carbonyl (C=O) groups is 1. The minimum atomic E-state index is -0.0124. The summed E-state index contributed by atoms with van der Waals surface area (Å²) in [5, 5.41) is 11.4. The third kappa shape index (κ3) is 2.64. The zero-order valence-electron chi connectivity index (χ0n) is 12.3. The highest BCUT2D eigenvalue weighted by molar-refractivity contribution is 6.07. The SMILES string of the molecule is Cc1cc(C(=O)N2CCNCc3ccccc32)c(C)nn1. The van der Waals surface area contributed by atoms with Gasteiger partial charge in [-0.1, -0.05) is 18.2 Å². The van der Waals surface area contributed by atoms with E-state index < -0.39 is 0 Å². The van der Waals surface area contributed by atoms with Gasteiger partial charge in [-0.25, -0.2) is 0 Å². The van der Waals surface area contributed by atoms with Gasteiger partial charge in [-0.3, -0.25) is 4.79 Å². The lowest BCUT2D eigenvalue weighted by Crippen LogP contribution is -2.35. The molecular weight excluding hydrogens is 264 g/mol. The van der Waals surface area contributed by atoms with Crippen molar-refractivity contribution in [1.82, 2.24) is 15.5 Å². The summed E-state index contributed by atoms with van der Waals surface area (Å²) in [7, 11) is 0. The Kier molecular flexibility index (Phi) is 3.66. The molecule has 5 heteroatoms. The second kappa shape index (κ2) is 5.61. The van der Waals surface area contributed by atoms with Crippen LogP contribution in [-0.4, -0.2) is 29.2 Å². The highest BCUT2D eigenvalue weighted by Gasteiger charge is 2.23. The molecule has 2 heterocycles. The number of para-hydroxylation sites is 1. The molecule has 21 heavy (non-hydrogen) atoms. The lowest BCUT2D eigenvalue weighted by Gasteiger charge is -2.23. The molecule has 5 nitrogen and oxygen atoms in total. The van der Waals surface area contributed by atoms with Gasteiger partial charge < -0.3 is 10.2 Å². The Hall–Kier alpha value is -2.27. The highest BCUT2D eigenvalue weighted by Crippen LogP contribution is 2.24. The van der Waals surface area contributed by atoms with Crippen LogP contribution in [0.3, 0.4) is 0 Å². The number of anilines is 1. The predicted octanol–water partition coefficient (Wildman–Crippen LogP) is 1.84. The van der Waals surface area contributed by atoms with Crippen molar-refractivity contribution in [2.45, 2.75) is 20.4 Å². The number of nitrogens with one attached hydrogen (secondary N) is 1. The molecule has 0 aliphatic carbocycles. The number of fused-ring (bicyclic) bond motifs is 1. The molecule has 1 aromatic heterocycles. The van der Waals surface area contributed by atoms with Crippen molar-refractivity contribution in [3.63, 3.8) is 0 Å². The van der Waals surface area contributed by atoms with E-state index >= 15 is 0 Å². The summed E-state index contributed by atoms with van der Waals surface area (Å²) in [6.07, 6.45) is 0. The highest BCUT2D eigenvalue weighted by atomic mass is 16.2. The van der Waals surface area contributed by atoms with Crippen LogP contribution in [0.15, 0.2) is 30.3 Å². The Morgan fingerprint density at radius 2 is 2.05 bits per heavy atom. The van der Waals surface area contributed by atoms with E-state index in [4.69, 9.17) is 0 Å². The molecule has 1 aliphatic rings. The number of amides is 1. The van der Waals surface area contributed by atoms with Crippen molar-refractivity contribution in [1.29, 1.82) is 0 Å². The van der Waals surface area contributed by atoms with Crippen LogP contribution in [0.5, 0.6) is 0 Å². The largest absolute Gasteiger partial charge is 0.311 e. The Labute approximate surface area is 124 Å². The van der Waals surface area contributed by atoms with Gasteiger partial charge in [0, 0.05) is 25.3 Å². The molecule has 3 rings (SSSR count). The van der Waals surface area contributed by atoms with E-state index in [2.05, 4.69) is 21.6 Å². The van der Waals surface area contributed by atoms with Gasteiger partial charge in [0.2, 0.25) is 0 Å². The first-order chi connectivity index (χ1) is 10.2. The standard InChI is InChI=1S/C16H18N4O/c1-11-9-14(12(2)19-18-11)16(21)20-8-7-17-10-13-5-3-4-6-15(13)20/h3-6,9,17H,7-8,10H2,1-2H3. The number of hydrogen-bond donors (Lipinski definition) is 1. The van der Waals surface area contributed by atoms with E-state index in [0.29, 0.717) is 17.8 Å². The Morgan fingerprint density at radius 3 is 2.90 bits per heavy atom. The van der Waals surface area contributed by atoms with E-state index in [1.165, 1.54) is 0 Å². The summed E-state index contributed by atoms with van der Waals surface area (Å²) >= 11 is 0. The average molecular weight is 282 g/mol. The maximum atomic E-state index is 12.9. The predicted molar refractivity (Wildman–Crippen MR) is 81.3 cm³/mol. The molecule has 2 aromatic rings. The molecule has 0 bridgehead atoms. The van der Waals surface area contributed by atoms with E-state index in [1.807, 2.05) is 43.0 Å². The zero-order chi connectivity index (χ0) is 14.8. The van der Waals surface area contributed by atoms with Crippen LogP contribution < -0.4 is 10.2 Å². The first kappa shape index (κ1) is 13.7. The van der Waals surface area contributed by atoms with Gasteiger partial charge >= 0.3 is 0 Å². The van der Waals surface area contributed by atoms with Crippen LogP contribution >= 0.6 is 0 Å². The number of aromatic nitrogens is 2. The summed E-state index contributed by atoms with van der Waals surface area (Å²) in [6.45, 7) is 5.88. The topological polar surface area (TPSA) is 58.1 Å². The molecule has 1 amide bonds. The normalized spacial score (nSPS) is 14.5. The lowest BCUT2D eigenvalue weighted by atomic mass is 10.1. The Morgan fingerprint density at radius 1 is 1.24 bits per heavy atom. The second-order valence-electron chi connectivity index (χ2n) is 5.25. The van der Waals surface area contributed by atoms with Crippen molar-refractivity contribution < 1.29 is 4.79 Å². The minimum absolute atomic E-state index is 0.0124. The van der Waals surface area contributed by atoms with Gasteiger partial charge in [-0.15, -0.1) is 0 Å². The number of carbonyl (C=O) groups excluding carboxylic acids is 1. The number of aryl methyl sites for hydroxylation is 2. The third-order valence-corrected chi connectivity index (χ3v) is 3.69. The molecule has 0 spiro atoms. The fourth-order valence-corrected chi connectivity index (χ4v) is 2.58. The van der Waals surface area contributed by atoms with Gasteiger partial charge in [0.25, 0.3) is 5.91 Å². The van der Waals surface area contributed by atoms with Crippen LogP contribution in [-0.2, 0) is 6.54 Å². The van der Waals surface area contributed by atoms with Crippen LogP contribution in [0.4, 0.5) is 5.69 Å². The molecule has 1 aromatic carbocycles. The van der Waals surface area contributed by atoms with Gasteiger partial charge in [-0.05, 0) is 31.5 Å². The summed E-state index contributed by atoms with van der Waals surface area (Å²) in [5.74, 6) is -0.0124. The van der Waals surface area contributed by atoms with E-state index in [0.717, 1.165) is 30.0 Å². The third-order valence-electron chi connectivity index (χ3n) is 3.69. The van der Waals surface area contributed by atoms with E-state index in [-0.39, 0.29) is 5.91 Å². The molecule has 0 atom stereocenters. The first-order valence-electron chi connectivity index (χ1n) is 7.08. The Bertz CT molecular complexity index is 684. The van der Waals surface area contributed by atoms with Gasteiger partial charge in [0.05, 0.1) is 17.0 Å². The van der Waals surface area contributed by atoms with Crippen molar-refractivity contribution in [3.8, 4) is 0 Å². The van der Waals surface area contributed by atoms with Crippen molar-refractivity contribution in [3.05, 3.63) is 52.8 Å². The zero-order valence-corrected chi connectivity index (χ0v) is 12.3. The lowest BCUT2D eigenvalue weighted by molar-refractivity contribution is 0.0986. The van der Waals surface area contributed by atoms with Gasteiger partial charge in [0.1, 0.15) is 0 Å². The minimum Gasteiger partial charge on any atom is -0.311 e. The number of nitrogens with zero attached hydrogens (tertiary/aromatic N) is 3. The van der Waals surface area contributed by atoms with Crippen LogP contribution in [0.2, 0.25) is 0 Å². The maximum absolute atomic E-state index is 12.9. The molecule has 1 aliphatic heterocycles. The van der Waals surface area contributed by atoms with Gasteiger partial charge in [-0.2, -0.15) is 10.2 Å². The molecule has 0 fully saturated rings. The molecule has 0 unspecified atom stereocenters. The molecule has 0 saturated carbocycles. The molecule has 0 saturated heterocycles. The second-order valence-corrected chi connectivity index (χ2v) is 5.25. The monoisotopic (exact) mass is 282 g/mol. The molecule has 108 valence electrons. The van der Waals surface area contributed by atoms with E-state index in [1.54, 1.807) is 0 Å². The van der Waals surface area contributed by atoms with Gasteiger partial charge in [0.15, 0.2) is 0 Å². The fourth-order valence-electron chi connectivity index (χ4n) is 2.58. The summed E-state index contributed by atoms with van der Waals surface area (Å²) < 4.78 is 0. The van der Waals surface area contributed by atoms with Crippen LogP contribution in [0.1, 0.15) is 27.3 Å². The first-order valence-corrected chi connectivity index (χ1v) is 7.08. The average Bonchev–Trinajstić information content (AvgIpc) is 2.71. The quantitative estimate of drug-likeness (QED) is 0.867. The molecule has 1 N–H and O–H groups in total. The van der Waals surface area contributed by atoms with Crippen molar-refractivity contribution in [2.75, 3.05) is 18.0 Å². The molecular formula is C16H18N4O.